The summed E-state index contributed by atoms with van der Waals surface area (Å²) in [5.41, 5.74) is 0. The van der Waals surface area contributed by atoms with Gasteiger partial charge in [-0.1, -0.05) is 0 Å². The Hall–Kier alpha value is -1.06. The maximum atomic E-state index is 10.6. The Morgan fingerprint density at radius 3 is 2.20 bits per heavy atom. The molecule has 1 amide bonds. The minimum absolute atomic E-state index is 0.142. The molecule has 0 bridgehead atoms. The predicted molar refractivity (Wildman–Crippen MR) is 35.7 cm³/mol. The highest BCUT2D eigenvalue weighted by Gasteiger charge is 2.04. The zero-order chi connectivity index (χ0) is 8.15. The third-order valence-electron chi connectivity index (χ3n) is 0.764. The number of hydrogen-bond acceptors (Lipinski definition) is 3. The molecule has 58 valence electrons. The molecule has 0 aromatic carbocycles. The maximum absolute atomic E-state index is 10.6. The van der Waals surface area contributed by atoms with Crippen LogP contribution in [0.3, 0.4) is 0 Å². The van der Waals surface area contributed by atoms with E-state index in [4.69, 9.17) is 0 Å². The van der Waals surface area contributed by atoms with Crippen LogP contribution < -0.4 is 0 Å². The standard InChI is InChI=1S/C6H11NO3/c1-5(8)4-10-6(9)7(2)3/h4H2,1-3H3. The summed E-state index contributed by atoms with van der Waals surface area (Å²) >= 11 is 0. The summed E-state index contributed by atoms with van der Waals surface area (Å²) < 4.78 is 4.50. The Morgan fingerprint density at radius 1 is 1.40 bits per heavy atom. The lowest BCUT2D eigenvalue weighted by molar-refractivity contribution is -0.120. The molecule has 0 aliphatic rings. The Kier molecular flexibility index (Phi) is 3.46. The minimum Gasteiger partial charge on any atom is -0.441 e. The quantitative estimate of drug-likeness (QED) is 0.560. The predicted octanol–water partition coefficient (Wildman–Crippen LogP) is 0.274. The van der Waals surface area contributed by atoms with Crippen LogP contribution in [0.1, 0.15) is 6.92 Å². The van der Waals surface area contributed by atoms with Crippen LogP contribution in [0, 0.1) is 0 Å². The summed E-state index contributed by atoms with van der Waals surface area (Å²) in [5.74, 6) is -0.157. The number of rotatable bonds is 2. The lowest BCUT2D eigenvalue weighted by Crippen LogP contribution is -2.24. The van der Waals surface area contributed by atoms with E-state index in [1.165, 1.54) is 11.8 Å². The second-order valence-electron chi connectivity index (χ2n) is 2.15. The van der Waals surface area contributed by atoms with E-state index in [0.717, 1.165) is 0 Å². The highest BCUT2D eigenvalue weighted by atomic mass is 16.6. The summed E-state index contributed by atoms with van der Waals surface area (Å²) in [5, 5.41) is 0. The molecule has 0 spiro atoms. The molecular formula is C6H11NO3. The largest absolute Gasteiger partial charge is 0.441 e. The zero-order valence-electron chi connectivity index (χ0n) is 6.38. The van der Waals surface area contributed by atoms with Crippen LogP contribution in [0.15, 0.2) is 0 Å². The molecular weight excluding hydrogens is 134 g/mol. The van der Waals surface area contributed by atoms with E-state index >= 15 is 0 Å². The van der Waals surface area contributed by atoms with Crippen LogP contribution in [0.5, 0.6) is 0 Å². The monoisotopic (exact) mass is 145 g/mol. The third kappa shape index (κ3) is 3.88. The molecule has 0 heterocycles. The highest BCUT2D eigenvalue weighted by molar-refractivity contribution is 5.79. The molecule has 0 aliphatic carbocycles. The smallest absolute Gasteiger partial charge is 0.409 e. The molecule has 4 heteroatoms. The number of ether oxygens (including phenoxy) is 1. The topological polar surface area (TPSA) is 46.6 Å². The van der Waals surface area contributed by atoms with Crippen molar-refractivity contribution < 1.29 is 14.3 Å². The molecule has 10 heavy (non-hydrogen) atoms. The molecule has 0 saturated carbocycles. The van der Waals surface area contributed by atoms with Gasteiger partial charge in [0.25, 0.3) is 0 Å². The van der Waals surface area contributed by atoms with Crippen molar-refractivity contribution in [3.05, 3.63) is 0 Å². The lowest BCUT2D eigenvalue weighted by Gasteiger charge is -2.08. The second-order valence-corrected chi connectivity index (χ2v) is 2.15. The van der Waals surface area contributed by atoms with Crippen molar-refractivity contribution in [2.45, 2.75) is 6.92 Å². The molecule has 0 unspecified atom stereocenters. The van der Waals surface area contributed by atoms with Crippen LogP contribution in [0.4, 0.5) is 4.79 Å². The number of hydrogen-bond donors (Lipinski definition) is 0. The van der Waals surface area contributed by atoms with E-state index in [1.54, 1.807) is 14.1 Å². The lowest BCUT2D eigenvalue weighted by atomic mass is 10.5. The van der Waals surface area contributed by atoms with Gasteiger partial charge in [-0.15, -0.1) is 0 Å². The van der Waals surface area contributed by atoms with Gasteiger partial charge in [-0.2, -0.15) is 0 Å². The summed E-state index contributed by atoms with van der Waals surface area (Å²) in [4.78, 5) is 22.1. The average molecular weight is 145 g/mol. The summed E-state index contributed by atoms with van der Waals surface area (Å²) in [6.07, 6.45) is -0.491. The first-order valence-corrected chi connectivity index (χ1v) is 2.87. The number of nitrogens with zero attached hydrogens (tertiary/aromatic N) is 1. The zero-order valence-corrected chi connectivity index (χ0v) is 6.38. The van der Waals surface area contributed by atoms with Crippen molar-refractivity contribution in [2.24, 2.45) is 0 Å². The average Bonchev–Trinajstić information content (AvgIpc) is 1.82. The molecule has 0 aliphatic heterocycles. The van der Waals surface area contributed by atoms with Crippen molar-refractivity contribution >= 4 is 11.9 Å². The van der Waals surface area contributed by atoms with Gasteiger partial charge < -0.3 is 9.64 Å². The van der Waals surface area contributed by atoms with E-state index in [2.05, 4.69) is 4.74 Å². The van der Waals surface area contributed by atoms with Gasteiger partial charge in [0, 0.05) is 14.1 Å². The molecule has 0 rings (SSSR count). The molecule has 0 saturated heterocycles. The van der Waals surface area contributed by atoms with Crippen LogP contribution in [0.2, 0.25) is 0 Å². The van der Waals surface area contributed by atoms with Gasteiger partial charge in [0.15, 0.2) is 12.4 Å². The third-order valence-corrected chi connectivity index (χ3v) is 0.764. The van der Waals surface area contributed by atoms with Crippen LogP contribution in [-0.2, 0) is 9.53 Å². The fourth-order valence-corrected chi connectivity index (χ4v) is 0.292. The van der Waals surface area contributed by atoms with Gasteiger partial charge in [0.1, 0.15) is 0 Å². The van der Waals surface area contributed by atoms with Crippen LogP contribution >= 0.6 is 0 Å². The normalized spacial score (nSPS) is 8.70. The number of amides is 1. The highest BCUT2D eigenvalue weighted by Crippen LogP contribution is 1.84. The first-order valence-electron chi connectivity index (χ1n) is 2.87. The van der Waals surface area contributed by atoms with Gasteiger partial charge in [0.05, 0.1) is 0 Å². The van der Waals surface area contributed by atoms with E-state index in [9.17, 15) is 9.59 Å². The number of carbonyl (C=O) groups excluding carboxylic acids is 2. The van der Waals surface area contributed by atoms with Gasteiger partial charge in [-0.25, -0.2) is 4.79 Å². The molecule has 0 aromatic heterocycles. The first-order chi connectivity index (χ1) is 4.54. The number of carbonyl (C=O) groups is 2. The molecule has 0 N–H and O–H groups in total. The Morgan fingerprint density at radius 2 is 1.90 bits per heavy atom. The van der Waals surface area contributed by atoms with Crippen molar-refractivity contribution in [3.8, 4) is 0 Å². The van der Waals surface area contributed by atoms with Gasteiger partial charge in [-0.05, 0) is 6.92 Å². The Labute approximate surface area is 59.8 Å². The summed E-state index contributed by atoms with van der Waals surface area (Å²) in [6.45, 7) is 1.22. The minimum atomic E-state index is -0.491. The summed E-state index contributed by atoms with van der Waals surface area (Å²) in [7, 11) is 3.12. The van der Waals surface area contributed by atoms with Gasteiger partial charge in [-0.3, -0.25) is 4.79 Å². The van der Waals surface area contributed by atoms with Gasteiger partial charge >= 0.3 is 6.09 Å². The molecule has 0 atom stereocenters. The van der Waals surface area contributed by atoms with Crippen LogP contribution in [-0.4, -0.2) is 37.5 Å². The SMILES string of the molecule is CC(=O)COC(=O)N(C)C. The maximum Gasteiger partial charge on any atom is 0.409 e. The van der Waals surface area contributed by atoms with E-state index in [-0.39, 0.29) is 12.4 Å². The summed E-state index contributed by atoms with van der Waals surface area (Å²) in [6, 6.07) is 0. The van der Waals surface area contributed by atoms with Crippen molar-refractivity contribution in [1.82, 2.24) is 4.90 Å². The molecule has 0 aromatic rings. The Balaban J connectivity index is 3.50. The molecule has 0 fully saturated rings. The van der Waals surface area contributed by atoms with Crippen molar-refractivity contribution in [2.75, 3.05) is 20.7 Å². The molecule has 4 nitrogen and oxygen atoms in total. The van der Waals surface area contributed by atoms with E-state index in [0.29, 0.717) is 0 Å². The Bertz CT molecular complexity index is 142. The van der Waals surface area contributed by atoms with Crippen molar-refractivity contribution in [3.63, 3.8) is 0 Å². The number of Topliss-reactive ketones (excluding diaryl/α,β-unsaturated/α-hetero) is 1. The van der Waals surface area contributed by atoms with Crippen LogP contribution in [0.25, 0.3) is 0 Å². The van der Waals surface area contributed by atoms with E-state index in [1.807, 2.05) is 0 Å². The van der Waals surface area contributed by atoms with Gasteiger partial charge in [0.2, 0.25) is 0 Å². The fourth-order valence-electron chi connectivity index (χ4n) is 0.292. The number of ketones is 1. The fraction of sp³-hybridized carbons (Fsp3) is 0.667. The van der Waals surface area contributed by atoms with E-state index < -0.39 is 6.09 Å². The van der Waals surface area contributed by atoms with Crippen molar-refractivity contribution in [1.29, 1.82) is 0 Å². The molecule has 0 radical (unpaired) electrons. The second kappa shape index (κ2) is 3.87. The first kappa shape index (κ1) is 8.94.